The molecule has 0 N–H and O–H groups in total. The second-order valence-corrected chi connectivity index (χ2v) is 6.63. The van der Waals surface area contributed by atoms with Crippen molar-refractivity contribution in [1.82, 2.24) is 25.1 Å². The summed E-state index contributed by atoms with van der Waals surface area (Å²) in [6.07, 6.45) is 3.57. The minimum atomic E-state index is 0.0716. The van der Waals surface area contributed by atoms with Gasteiger partial charge in [-0.25, -0.2) is 4.68 Å². The third-order valence-corrected chi connectivity index (χ3v) is 4.95. The van der Waals surface area contributed by atoms with E-state index >= 15 is 0 Å². The molecule has 1 aromatic heterocycles. The van der Waals surface area contributed by atoms with Crippen LogP contribution in [0.25, 0.3) is 0 Å². The van der Waals surface area contributed by atoms with Gasteiger partial charge in [-0.3, -0.25) is 4.79 Å². The van der Waals surface area contributed by atoms with Crippen molar-refractivity contribution in [3.63, 3.8) is 0 Å². The SMILES string of the molecule is COc1ccc([C@H]2CCCN2C(=O)c2ccc(Cn3cnnn3)cc2)cc1. The van der Waals surface area contributed by atoms with E-state index in [-0.39, 0.29) is 11.9 Å². The third kappa shape index (κ3) is 3.67. The lowest BCUT2D eigenvalue weighted by atomic mass is 10.0. The van der Waals surface area contributed by atoms with Crippen molar-refractivity contribution in [2.45, 2.75) is 25.4 Å². The van der Waals surface area contributed by atoms with Crippen LogP contribution in [0.4, 0.5) is 0 Å². The molecular weight excluding hydrogens is 342 g/mol. The van der Waals surface area contributed by atoms with E-state index in [0.29, 0.717) is 12.1 Å². The van der Waals surface area contributed by atoms with Crippen LogP contribution in [0.15, 0.2) is 54.9 Å². The van der Waals surface area contributed by atoms with Crippen molar-refractivity contribution in [3.8, 4) is 5.75 Å². The molecule has 0 spiro atoms. The van der Waals surface area contributed by atoms with Gasteiger partial charge in [-0.1, -0.05) is 24.3 Å². The van der Waals surface area contributed by atoms with Crippen LogP contribution in [0.1, 0.15) is 40.4 Å². The summed E-state index contributed by atoms with van der Waals surface area (Å²) in [6.45, 7) is 1.36. The summed E-state index contributed by atoms with van der Waals surface area (Å²) in [5, 5.41) is 11.1. The van der Waals surface area contributed by atoms with Crippen molar-refractivity contribution in [2.24, 2.45) is 0 Å². The molecule has 3 aromatic rings. The summed E-state index contributed by atoms with van der Waals surface area (Å²) in [6, 6.07) is 15.8. The fraction of sp³-hybridized carbons (Fsp3) is 0.300. The van der Waals surface area contributed by atoms with E-state index in [1.54, 1.807) is 18.1 Å². The first-order valence-electron chi connectivity index (χ1n) is 8.99. The molecule has 1 amide bonds. The second-order valence-electron chi connectivity index (χ2n) is 6.63. The predicted octanol–water partition coefficient (Wildman–Crippen LogP) is 2.71. The number of likely N-dealkylation sites (tertiary alicyclic amines) is 1. The number of hydrogen-bond donors (Lipinski definition) is 0. The molecule has 1 atom stereocenters. The van der Waals surface area contributed by atoms with Gasteiger partial charge in [0.1, 0.15) is 12.1 Å². The maximum absolute atomic E-state index is 13.0. The number of amides is 1. The van der Waals surface area contributed by atoms with Gasteiger partial charge in [0.05, 0.1) is 19.7 Å². The molecule has 1 aliphatic rings. The topological polar surface area (TPSA) is 73.1 Å². The van der Waals surface area contributed by atoms with Crippen LogP contribution < -0.4 is 4.74 Å². The zero-order valence-corrected chi connectivity index (χ0v) is 15.2. The quantitative estimate of drug-likeness (QED) is 0.697. The molecule has 27 heavy (non-hydrogen) atoms. The molecule has 7 heteroatoms. The molecule has 1 fully saturated rings. The molecule has 2 aromatic carbocycles. The molecular formula is C20H21N5O2. The smallest absolute Gasteiger partial charge is 0.254 e. The van der Waals surface area contributed by atoms with Gasteiger partial charge >= 0.3 is 0 Å². The average molecular weight is 363 g/mol. The molecule has 0 bridgehead atoms. The van der Waals surface area contributed by atoms with Gasteiger partial charge < -0.3 is 9.64 Å². The van der Waals surface area contributed by atoms with Gasteiger partial charge in [-0.2, -0.15) is 0 Å². The van der Waals surface area contributed by atoms with Gasteiger partial charge in [0.15, 0.2) is 0 Å². The Balaban J connectivity index is 1.48. The zero-order valence-electron chi connectivity index (χ0n) is 15.2. The van der Waals surface area contributed by atoms with Crippen LogP contribution in [0.2, 0.25) is 0 Å². The van der Waals surface area contributed by atoms with E-state index in [1.165, 1.54) is 0 Å². The monoisotopic (exact) mass is 363 g/mol. The van der Waals surface area contributed by atoms with Crippen molar-refractivity contribution >= 4 is 5.91 Å². The summed E-state index contributed by atoms with van der Waals surface area (Å²) >= 11 is 0. The van der Waals surface area contributed by atoms with Crippen molar-refractivity contribution in [3.05, 3.63) is 71.5 Å². The molecule has 1 aliphatic heterocycles. The summed E-state index contributed by atoms with van der Waals surface area (Å²) in [5.74, 6) is 0.898. The first-order chi connectivity index (χ1) is 13.2. The summed E-state index contributed by atoms with van der Waals surface area (Å²) in [7, 11) is 1.66. The Bertz CT molecular complexity index is 891. The molecule has 138 valence electrons. The van der Waals surface area contributed by atoms with Crippen molar-refractivity contribution in [1.29, 1.82) is 0 Å². The molecule has 0 radical (unpaired) electrons. The number of aromatic nitrogens is 4. The molecule has 0 saturated carbocycles. The van der Waals surface area contributed by atoms with E-state index in [0.717, 1.165) is 36.3 Å². The Labute approximate surface area is 157 Å². The Kier molecular flexibility index (Phi) is 4.82. The van der Waals surface area contributed by atoms with Gasteiger partial charge in [0.25, 0.3) is 5.91 Å². The summed E-state index contributed by atoms with van der Waals surface area (Å²) in [4.78, 5) is 15.0. The van der Waals surface area contributed by atoms with Crippen LogP contribution >= 0.6 is 0 Å². The number of carbonyl (C=O) groups excluding carboxylic acids is 1. The first-order valence-corrected chi connectivity index (χ1v) is 8.99. The van der Waals surface area contributed by atoms with E-state index in [2.05, 4.69) is 15.5 Å². The number of ether oxygens (including phenoxy) is 1. The average Bonchev–Trinajstić information content (AvgIpc) is 3.40. The number of methoxy groups -OCH3 is 1. The predicted molar refractivity (Wildman–Crippen MR) is 99.4 cm³/mol. The number of hydrogen-bond acceptors (Lipinski definition) is 5. The normalized spacial score (nSPS) is 16.5. The van der Waals surface area contributed by atoms with Gasteiger partial charge in [0, 0.05) is 12.1 Å². The largest absolute Gasteiger partial charge is 0.497 e. The van der Waals surface area contributed by atoms with E-state index in [1.807, 2.05) is 53.4 Å². The maximum Gasteiger partial charge on any atom is 0.254 e. The number of benzene rings is 2. The van der Waals surface area contributed by atoms with E-state index in [9.17, 15) is 4.79 Å². The molecule has 4 rings (SSSR count). The maximum atomic E-state index is 13.0. The number of rotatable bonds is 5. The standard InChI is InChI=1S/C20H21N5O2/c1-27-18-10-8-16(9-11-18)19-3-2-12-25(19)20(26)17-6-4-15(5-7-17)13-24-14-21-22-23-24/h4-11,14,19H,2-3,12-13H2,1H3/t19-/m1/s1. The molecule has 0 aliphatic carbocycles. The summed E-state index contributed by atoms with van der Waals surface area (Å²) in [5.41, 5.74) is 2.90. The highest BCUT2D eigenvalue weighted by atomic mass is 16.5. The molecule has 1 saturated heterocycles. The molecule has 7 nitrogen and oxygen atoms in total. The van der Waals surface area contributed by atoms with Crippen LogP contribution in [0.5, 0.6) is 5.75 Å². The van der Waals surface area contributed by atoms with Gasteiger partial charge in [0.2, 0.25) is 0 Å². The number of carbonyl (C=O) groups is 1. The molecule has 2 heterocycles. The van der Waals surface area contributed by atoms with E-state index < -0.39 is 0 Å². The van der Waals surface area contributed by atoms with Crippen molar-refractivity contribution in [2.75, 3.05) is 13.7 Å². The Morgan fingerprint density at radius 2 is 1.93 bits per heavy atom. The zero-order chi connectivity index (χ0) is 18.6. The highest BCUT2D eigenvalue weighted by Gasteiger charge is 2.30. The third-order valence-electron chi connectivity index (χ3n) is 4.95. The lowest BCUT2D eigenvalue weighted by Crippen LogP contribution is -2.30. The minimum absolute atomic E-state index is 0.0716. The van der Waals surface area contributed by atoms with Gasteiger partial charge in [-0.15, -0.1) is 5.10 Å². The lowest BCUT2D eigenvalue weighted by molar-refractivity contribution is 0.0735. The Morgan fingerprint density at radius 3 is 2.59 bits per heavy atom. The van der Waals surface area contributed by atoms with Crippen molar-refractivity contribution < 1.29 is 9.53 Å². The number of nitrogens with zero attached hydrogens (tertiary/aromatic N) is 5. The van der Waals surface area contributed by atoms with Crippen LogP contribution in [0.3, 0.4) is 0 Å². The minimum Gasteiger partial charge on any atom is -0.497 e. The van der Waals surface area contributed by atoms with Crippen LogP contribution in [0, 0.1) is 0 Å². The highest BCUT2D eigenvalue weighted by Crippen LogP contribution is 2.33. The van der Waals surface area contributed by atoms with Crippen LogP contribution in [-0.4, -0.2) is 44.7 Å². The van der Waals surface area contributed by atoms with E-state index in [4.69, 9.17) is 4.74 Å². The fourth-order valence-electron chi connectivity index (χ4n) is 3.54. The lowest BCUT2D eigenvalue weighted by Gasteiger charge is -2.25. The highest BCUT2D eigenvalue weighted by molar-refractivity contribution is 5.94. The number of tetrazole rings is 1. The molecule has 0 unspecified atom stereocenters. The summed E-state index contributed by atoms with van der Waals surface area (Å²) < 4.78 is 6.88. The van der Waals surface area contributed by atoms with Gasteiger partial charge in [-0.05, 0) is 58.7 Å². The van der Waals surface area contributed by atoms with Crippen LogP contribution in [-0.2, 0) is 6.54 Å². The fourth-order valence-corrected chi connectivity index (χ4v) is 3.54. The Hall–Kier alpha value is -3.22. The second kappa shape index (κ2) is 7.57. The Morgan fingerprint density at radius 1 is 1.15 bits per heavy atom. The first kappa shape index (κ1) is 17.2.